The van der Waals surface area contributed by atoms with Crippen LogP contribution in [0.2, 0.25) is 0 Å². The average Bonchev–Trinajstić information content (AvgIpc) is 2.79. The fourth-order valence-electron chi connectivity index (χ4n) is 2.71. The molecule has 0 radical (unpaired) electrons. The minimum Gasteiger partial charge on any atom is -0.399 e. The highest BCUT2D eigenvalue weighted by molar-refractivity contribution is 7.89. The zero-order chi connectivity index (χ0) is 14.8. The van der Waals surface area contributed by atoms with Crippen LogP contribution in [0.1, 0.15) is 30.4 Å². The molecule has 1 aliphatic heterocycles. The highest BCUT2D eigenvalue weighted by Gasteiger charge is 2.21. The van der Waals surface area contributed by atoms with E-state index in [0.29, 0.717) is 34.7 Å². The van der Waals surface area contributed by atoms with E-state index in [9.17, 15) is 8.42 Å². The fourth-order valence-corrected chi connectivity index (χ4v) is 4.20. The second-order valence-corrected chi connectivity index (χ2v) is 7.01. The van der Waals surface area contributed by atoms with Gasteiger partial charge in [0, 0.05) is 18.8 Å². The molecule has 20 heavy (non-hydrogen) atoms. The number of ether oxygens (including phenoxy) is 1. The summed E-state index contributed by atoms with van der Waals surface area (Å²) in [5, 5.41) is 0. The highest BCUT2D eigenvalue weighted by Crippen LogP contribution is 2.23. The van der Waals surface area contributed by atoms with Crippen molar-refractivity contribution in [2.24, 2.45) is 0 Å². The van der Waals surface area contributed by atoms with Crippen molar-refractivity contribution in [3.05, 3.63) is 23.3 Å². The molecule has 0 bridgehead atoms. The molecule has 6 heteroatoms. The van der Waals surface area contributed by atoms with Crippen LogP contribution in [0.15, 0.2) is 17.0 Å². The SMILES string of the molecule is Cc1cc(N)cc(C)c1S(=O)(=O)NCCC1CCCO1. The highest BCUT2D eigenvalue weighted by atomic mass is 32.2. The van der Waals surface area contributed by atoms with Crippen LogP contribution in [0.4, 0.5) is 5.69 Å². The lowest BCUT2D eigenvalue weighted by Gasteiger charge is -2.14. The molecule has 1 saturated heterocycles. The van der Waals surface area contributed by atoms with Gasteiger partial charge in [0.1, 0.15) is 0 Å². The Hall–Kier alpha value is -1.11. The van der Waals surface area contributed by atoms with E-state index in [1.54, 1.807) is 26.0 Å². The summed E-state index contributed by atoms with van der Waals surface area (Å²) in [6.45, 7) is 4.71. The number of sulfonamides is 1. The molecule has 0 aromatic heterocycles. The van der Waals surface area contributed by atoms with Gasteiger partial charge < -0.3 is 10.5 Å². The summed E-state index contributed by atoms with van der Waals surface area (Å²) in [4.78, 5) is 0.332. The van der Waals surface area contributed by atoms with Crippen LogP contribution in [-0.4, -0.2) is 27.7 Å². The van der Waals surface area contributed by atoms with Crippen LogP contribution in [0.5, 0.6) is 0 Å². The van der Waals surface area contributed by atoms with Crippen molar-refractivity contribution >= 4 is 15.7 Å². The number of hydrogen-bond donors (Lipinski definition) is 2. The normalized spacial score (nSPS) is 19.4. The average molecular weight is 298 g/mol. The van der Waals surface area contributed by atoms with Crippen molar-refractivity contribution in [3.63, 3.8) is 0 Å². The first kappa shape index (κ1) is 15.3. The van der Waals surface area contributed by atoms with Crippen LogP contribution in [0.25, 0.3) is 0 Å². The number of hydrogen-bond acceptors (Lipinski definition) is 4. The van der Waals surface area contributed by atoms with E-state index >= 15 is 0 Å². The van der Waals surface area contributed by atoms with E-state index in [-0.39, 0.29) is 6.10 Å². The molecule has 1 fully saturated rings. The van der Waals surface area contributed by atoms with Crippen molar-refractivity contribution in [2.45, 2.75) is 44.1 Å². The molecule has 1 aromatic rings. The first-order valence-electron chi connectivity index (χ1n) is 6.88. The molecule has 0 spiro atoms. The van der Waals surface area contributed by atoms with E-state index in [4.69, 9.17) is 10.5 Å². The molecule has 1 heterocycles. The van der Waals surface area contributed by atoms with E-state index in [1.807, 2.05) is 0 Å². The zero-order valence-corrected chi connectivity index (χ0v) is 12.8. The van der Waals surface area contributed by atoms with Gasteiger partial charge in [-0.05, 0) is 56.4 Å². The maximum atomic E-state index is 12.4. The number of anilines is 1. The van der Waals surface area contributed by atoms with E-state index < -0.39 is 10.0 Å². The summed E-state index contributed by atoms with van der Waals surface area (Å²) in [5.74, 6) is 0. The maximum Gasteiger partial charge on any atom is 0.241 e. The molecule has 1 atom stereocenters. The number of nitrogens with one attached hydrogen (secondary N) is 1. The fraction of sp³-hybridized carbons (Fsp3) is 0.571. The van der Waals surface area contributed by atoms with Crippen LogP contribution in [0.3, 0.4) is 0 Å². The summed E-state index contributed by atoms with van der Waals surface area (Å²) >= 11 is 0. The minimum absolute atomic E-state index is 0.186. The number of rotatable bonds is 5. The number of nitrogen functional groups attached to an aromatic ring is 1. The second kappa shape index (κ2) is 6.11. The van der Waals surface area contributed by atoms with Crippen molar-refractivity contribution in [1.82, 2.24) is 4.72 Å². The molecule has 112 valence electrons. The van der Waals surface area contributed by atoms with Gasteiger partial charge in [0.05, 0.1) is 11.0 Å². The minimum atomic E-state index is -3.49. The van der Waals surface area contributed by atoms with Gasteiger partial charge >= 0.3 is 0 Å². The van der Waals surface area contributed by atoms with Gasteiger partial charge in [0.15, 0.2) is 0 Å². The van der Waals surface area contributed by atoms with Crippen molar-refractivity contribution in [3.8, 4) is 0 Å². The van der Waals surface area contributed by atoms with E-state index in [1.165, 1.54) is 0 Å². The Balaban J connectivity index is 2.06. The number of nitrogens with two attached hydrogens (primary N) is 1. The Morgan fingerprint density at radius 3 is 2.55 bits per heavy atom. The van der Waals surface area contributed by atoms with Crippen LogP contribution in [0, 0.1) is 13.8 Å². The van der Waals surface area contributed by atoms with Gasteiger partial charge in [0.25, 0.3) is 0 Å². The van der Waals surface area contributed by atoms with Gasteiger partial charge in [0.2, 0.25) is 10.0 Å². The molecule has 1 aromatic carbocycles. The first-order valence-corrected chi connectivity index (χ1v) is 8.36. The Morgan fingerprint density at radius 2 is 2.00 bits per heavy atom. The second-order valence-electron chi connectivity index (χ2n) is 5.31. The van der Waals surface area contributed by atoms with Gasteiger partial charge in [-0.3, -0.25) is 0 Å². The molecule has 0 aliphatic carbocycles. The monoisotopic (exact) mass is 298 g/mol. The molecule has 0 amide bonds. The van der Waals surface area contributed by atoms with Crippen LogP contribution in [-0.2, 0) is 14.8 Å². The Bertz CT molecular complexity index is 555. The Morgan fingerprint density at radius 1 is 1.35 bits per heavy atom. The summed E-state index contributed by atoms with van der Waals surface area (Å²) < 4.78 is 32.9. The molecule has 1 aliphatic rings. The molecule has 0 saturated carbocycles. The summed E-state index contributed by atoms with van der Waals surface area (Å²) in [6, 6.07) is 3.36. The number of aryl methyl sites for hydroxylation is 2. The van der Waals surface area contributed by atoms with E-state index in [0.717, 1.165) is 19.4 Å². The zero-order valence-electron chi connectivity index (χ0n) is 12.0. The Labute approximate surface area is 120 Å². The van der Waals surface area contributed by atoms with Crippen LogP contribution < -0.4 is 10.5 Å². The third-order valence-electron chi connectivity index (χ3n) is 3.53. The summed E-state index contributed by atoms with van der Waals surface area (Å²) in [5.41, 5.74) is 7.65. The smallest absolute Gasteiger partial charge is 0.241 e. The third-order valence-corrected chi connectivity index (χ3v) is 5.30. The first-order chi connectivity index (χ1) is 9.40. The molecular formula is C14H22N2O3S. The predicted molar refractivity (Wildman–Crippen MR) is 79.1 cm³/mol. The lowest BCUT2D eigenvalue weighted by molar-refractivity contribution is 0.105. The third kappa shape index (κ3) is 3.50. The topological polar surface area (TPSA) is 81.4 Å². The molecule has 3 N–H and O–H groups in total. The molecule has 2 rings (SSSR count). The summed E-state index contributed by atoms with van der Waals surface area (Å²) in [6.07, 6.45) is 2.98. The standard InChI is InChI=1S/C14H22N2O3S/c1-10-8-12(15)9-11(2)14(10)20(17,18)16-6-5-13-4-3-7-19-13/h8-9,13,16H,3-7,15H2,1-2H3. The largest absolute Gasteiger partial charge is 0.399 e. The van der Waals surface area contributed by atoms with Crippen molar-refractivity contribution in [1.29, 1.82) is 0 Å². The van der Waals surface area contributed by atoms with Gasteiger partial charge in [-0.25, -0.2) is 13.1 Å². The lowest BCUT2D eigenvalue weighted by atomic mass is 10.1. The van der Waals surface area contributed by atoms with Crippen molar-refractivity contribution < 1.29 is 13.2 Å². The Kier molecular flexibility index (Phi) is 4.67. The van der Waals surface area contributed by atoms with Gasteiger partial charge in [-0.2, -0.15) is 0 Å². The van der Waals surface area contributed by atoms with Gasteiger partial charge in [-0.15, -0.1) is 0 Å². The molecule has 5 nitrogen and oxygen atoms in total. The molecule has 1 unspecified atom stereocenters. The lowest BCUT2D eigenvalue weighted by Crippen LogP contribution is -2.28. The van der Waals surface area contributed by atoms with Gasteiger partial charge in [-0.1, -0.05) is 0 Å². The summed E-state index contributed by atoms with van der Waals surface area (Å²) in [7, 11) is -3.49. The maximum absolute atomic E-state index is 12.4. The predicted octanol–water partition coefficient (Wildman–Crippen LogP) is 1.73. The quantitative estimate of drug-likeness (QED) is 0.811. The van der Waals surface area contributed by atoms with Crippen LogP contribution >= 0.6 is 0 Å². The van der Waals surface area contributed by atoms with Crippen molar-refractivity contribution in [2.75, 3.05) is 18.9 Å². The number of benzene rings is 1. The molecular weight excluding hydrogens is 276 g/mol. The van der Waals surface area contributed by atoms with E-state index in [2.05, 4.69) is 4.72 Å².